The highest BCUT2D eigenvalue weighted by Crippen LogP contribution is 2.45. The molecule has 2 heteroatoms. The third kappa shape index (κ3) is 5.91. The highest BCUT2D eigenvalue weighted by Gasteiger charge is 2.20. The number of hydrogen-bond donors (Lipinski definition) is 0. The van der Waals surface area contributed by atoms with Crippen LogP contribution in [-0.4, -0.2) is 0 Å². The largest absolute Gasteiger partial charge is 0.455 e. The van der Waals surface area contributed by atoms with Crippen LogP contribution < -0.4 is 4.90 Å². The van der Waals surface area contributed by atoms with Crippen LogP contribution in [0.15, 0.2) is 229 Å². The van der Waals surface area contributed by atoms with Crippen LogP contribution in [0.5, 0.6) is 0 Å². The minimum absolute atomic E-state index is 0.902. The predicted octanol–water partition coefficient (Wildman–Crippen LogP) is 16.0. The first kappa shape index (κ1) is 33.6. The van der Waals surface area contributed by atoms with Gasteiger partial charge in [0.05, 0.1) is 5.69 Å². The molecular weight excluding hydrogens is 703 g/mol. The summed E-state index contributed by atoms with van der Waals surface area (Å²) in [5, 5.41) is 7.21. The summed E-state index contributed by atoms with van der Waals surface area (Å²) in [6, 6.07) is 80.8. The minimum Gasteiger partial charge on any atom is -0.455 e. The van der Waals surface area contributed by atoms with E-state index < -0.39 is 0 Å². The van der Waals surface area contributed by atoms with Gasteiger partial charge >= 0.3 is 0 Å². The van der Waals surface area contributed by atoms with Gasteiger partial charge in [0.25, 0.3) is 0 Å². The van der Waals surface area contributed by atoms with Crippen molar-refractivity contribution < 1.29 is 4.42 Å². The van der Waals surface area contributed by atoms with Gasteiger partial charge in [-0.1, -0.05) is 182 Å². The van der Waals surface area contributed by atoms with Gasteiger partial charge in [-0.2, -0.15) is 0 Å². The maximum absolute atomic E-state index is 6.47. The molecule has 0 saturated heterocycles. The van der Waals surface area contributed by atoms with Crippen molar-refractivity contribution in [2.75, 3.05) is 4.90 Å². The lowest BCUT2D eigenvalue weighted by atomic mass is 9.95. The van der Waals surface area contributed by atoms with E-state index in [2.05, 4.69) is 217 Å². The number of para-hydroxylation sites is 2. The number of fused-ring (bicyclic) bond motifs is 5. The number of rotatable bonds is 7. The number of benzene rings is 10. The van der Waals surface area contributed by atoms with E-state index in [9.17, 15) is 0 Å². The molecule has 0 saturated carbocycles. The Kier molecular flexibility index (Phi) is 8.19. The number of hydrogen-bond acceptors (Lipinski definition) is 2. The Morgan fingerprint density at radius 2 is 0.828 bits per heavy atom. The van der Waals surface area contributed by atoms with Crippen LogP contribution in [0.4, 0.5) is 17.1 Å². The molecule has 1 heterocycles. The van der Waals surface area contributed by atoms with Gasteiger partial charge in [-0.3, -0.25) is 0 Å². The zero-order valence-electron chi connectivity index (χ0n) is 31.7. The molecule has 0 fully saturated rings. The van der Waals surface area contributed by atoms with Crippen molar-refractivity contribution in [3.63, 3.8) is 0 Å². The third-order valence-corrected chi connectivity index (χ3v) is 11.5. The number of nitrogens with zero attached hydrogens (tertiary/aromatic N) is 1. The quantitative estimate of drug-likeness (QED) is 0.162. The Labute approximate surface area is 337 Å². The summed E-state index contributed by atoms with van der Waals surface area (Å²) in [7, 11) is 0. The summed E-state index contributed by atoms with van der Waals surface area (Å²) < 4.78 is 6.47. The first-order chi connectivity index (χ1) is 28.7. The predicted molar refractivity (Wildman–Crippen MR) is 245 cm³/mol. The zero-order valence-corrected chi connectivity index (χ0v) is 31.7. The van der Waals surface area contributed by atoms with Crippen LogP contribution in [0.25, 0.3) is 88.0 Å². The van der Waals surface area contributed by atoms with E-state index in [1.807, 2.05) is 12.1 Å². The summed E-state index contributed by atoms with van der Waals surface area (Å²) in [6.45, 7) is 0. The molecule has 0 aliphatic carbocycles. The van der Waals surface area contributed by atoms with Crippen LogP contribution in [0, 0.1) is 0 Å². The Balaban J connectivity index is 1.09. The van der Waals surface area contributed by atoms with E-state index in [-0.39, 0.29) is 0 Å². The van der Waals surface area contributed by atoms with Crippen molar-refractivity contribution in [2.24, 2.45) is 0 Å². The van der Waals surface area contributed by atoms with E-state index in [1.165, 1.54) is 38.2 Å². The average molecular weight is 740 g/mol. The molecule has 1 aromatic heterocycles. The van der Waals surface area contributed by atoms with Crippen LogP contribution in [0.2, 0.25) is 0 Å². The summed E-state index contributed by atoms with van der Waals surface area (Å²) in [6.07, 6.45) is 0. The average Bonchev–Trinajstić information content (AvgIpc) is 3.69. The molecule has 0 atom stereocenters. The standard InChI is InChI=1S/C56H37NO/c1-2-13-40(14-3-1)50-35-30-45(44-25-24-38-12-4-5-16-43(38)36-44)37-54(50)57(46-31-26-41(27-32-46)49-20-10-17-39-15-6-7-18-48(39)49)47-33-28-42(29-34-47)51-21-11-22-53-52-19-8-9-23-55(52)58-56(51)53/h1-37H. The molecule has 0 N–H and O–H groups in total. The molecular formula is C56H37NO. The van der Waals surface area contributed by atoms with Crippen LogP contribution >= 0.6 is 0 Å². The first-order valence-electron chi connectivity index (χ1n) is 19.8. The van der Waals surface area contributed by atoms with Crippen molar-refractivity contribution in [3.05, 3.63) is 224 Å². The Morgan fingerprint density at radius 3 is 1.62 bits per heavy atom. The monoisotopic (exact) mass is 739 g/mol. The van der Waals surface area contributed by atoms with Gasteiger partial charge in [-0.25, -0.2) is 0 Å². The molecule has 0 bridgehead atoms. The molecule has 11 aromatic rings. The van der Waals surface area contributed by atoms with E-state index in [1.54, 1.807) is 0 Å². The van der Waals surface area contributed by atoms with Gasteiger partial charge in [0.1, 0.15) is 11.2 Å². The zero-order chi connectivity index (χ0) is 38.4. The van der Waals surface area contributed by atoms with E-state index in [0.717, 1.165) is 66.8 Å². The first-order valence-corrected chi connectivity index (χ1v) is 19.8. The molecule has 0 radical (unpaired) electrons. The van der Waals surface area contributed by atoms with Crippen molar-refractivity contribution in [1.29, 1.82) is 0 Å². The fourth-order valence-electron chi connectivity index (χ4n) is 8.59. The van der Waals surface area contributed by atoms with Crippen LogP contribution in [0.1, 0.15) is 0 Å². The Bertz CT molecular complexity index is 3260. The van der Waals surface area contributed by atoms with Gasteiger partial charge in [-0.05, 0) is 97.4 Å². The van der Waals surface area contributed by atoms with Crippen molar-refractivity contribution >= 4 is 60.5 Å². The number of furan rings is 1. The highest BCUT2D eigenvalue weighted by atomic mass is 16.3. The lowest BCUT2D eigenvalue weighted by Crippen LogP contribution is -2.11. The van der Waals surface area contributed by atoms with Crippen molar-refractivity contribution in [1.82, 2.24) is 0 Å². The van der Waals surface area contributed by atoms with Crippen LogP contribution in [0.3, 0.4) is 0 Å². The summed E-state index contributed by atoms with van der Waals surface area (Å²) >= 11 is 0. The molecule has 10 aromatic carbocycles. The second-order valence-electron chi connectivity index (χ2n) is 14.9. The van der Waals surface area contributed by atoms with Gasteiger partial charge in [-0.15, -0.1) is 0 Å². The molecule has 58 heavy (non-hydrogen) atoms. The molecule has 2 nitrogen and oxygen atoms in total. The molecule has 0 amide bonds. The highest BCUT2D eigenvalue weighted by molar-refractivity contribution is 6.09. The molecule has 11 rings (SSSR count). The van der Waals surface area contributed by atoms with E-state index in [0.29, 0.717) is 0 Å². The smallest absolute Gasteiger partial charge is 0.143 e. The molecule has 272 valence electrons. The second-order valence-corrected chi connectivity index (χ2v) is 14.9. The summed E-state index contributed by atoms with van der Waals surface area (Å²) in [4.78, 5) is 2.41. The fraction of sp³-hybridized carbons (Fsp3) is 0. The fourth-order valence-corrected chi connectivity index (χ4v) is 8.59. The van der Waals surface area contributed by atoms with Gasteiger partial charge in [0.2, 0.25) is 0 Å². The van der Waals surface area contributed by atoms with Gasteiger partial charge < -0.3 is 9.32 Å². The lowest BCUT2D eigenvalue weighted by Gasteiger charge is -2.29. The van der Waals surface area contributed by atoms with Gasteiger partial charge in [0.15, 0.2) is 0 Å². The van der Waals surface area contributed by atoms with E-state index in [4.69, 9.17) is 4.42 Å². The number of anilines is 3. The molecule has 0 unspecified atom stereocenters. The molecule has 0 aliphatic rings. The summed E-state index contributed by atoms with van der Waals surface area (Å²) in [5.41, 5.74) is 14.3. The normalized spacial score (nSPS) is 11.4. The summed E-state index contributed by atoms with van der Waals surface area (Å²) in [5.74, 6) is 0. The Hall–Kier alpha value is -7.68. The molecule has 0 aliphatic heterocycles. The Morgan fingerprint density at radius 1 is 0.293 bits per heavy atom. The van der Waals surface area contributed by atoms with E-state index >= 15 is 0 Å². The SMILES string of the molecule is c1ccc(-c2ccc(-c3ccc4ccccc4c3)cc2N(c2ccc(-c3cccc4ccccc34)cc2)c2ccc(-c3cccc4c3oc3ccccc34)cc2)cc1. The minimum atomic E-state index is 0.902. The maximum atomic E-state index is 6.47. The third-order valence-electron chi connectivity index (χ3n) is 11.5. The lowest BCUT2D eigenvalue weighted by molar-refractivity contribution is 0.670. The molecule has 0 spiro atoms. The van der Waals surface area contributed by atoms with Crippen molar-refractivity contribution in [2.45, 2.75) is 0 Å². The maximum Gasteiger partial charge on any atom is 0.143 e. The topological polar surface area (TPSA) is 16.4 Å². The second kappa shape index (κ2) is 14.1. The van der Waals surface area contributed by atoms with Gasteiger partial charge in [0, 0.05) is 33.3 Å². The van der Waals surface area contributed by atoms with Crippen molar-refractivity contribution in [3.8, 4) is 44.5 Å². The van der Waals surface area contributed by atoms with Crippen LogP contribution in [-0.2, 0) is 0 Å².